The molecular formula is C18H25NO4. The molecule has 0 aromatic heterocycles. The van der Waals surface area contributed by atoms with Gasteiger partial charge in [0.1, 0.15) is 11.8 Å². The molecule has 5 nitrogen and oxygen atoms in total. The number of ether oxygens (including phenoxy) is 1. The molecule has 1 aliphatic rings. The summed E-state index contributed by atoms with van der Waals surface area (Å²) >= 11 is 0. The molecule has 1 amide bonds. The molecule has 1 aromatic rings. The second-order valence-electron chi connectivity index (χ2n) is 6.93. The second kappa shape index (κ2) is 7.02. The highest BCUT2D eigenvalue weighted by atomic mass is 16.5. The maximum absolute atomic E-state index is 12.2. The average Bonchev–Trinajstić information content (AvgIpc) is 2.96. The van der Waals surface area contributed by atoms with Gasteiger partial charge in [-0.1, -0.05) is 39.0 Å². The summed E-state index contributed by atoms with van der Waals surface area (Å²) in [4.78, 5) is 24.8. The van der Waals surface area contributed by atoms with Crippen LogP contribution >= 0.6 is 0 Å². The van der Waals surface area contributed by atoms with Gasteiger partial charge in [-0.3, -0.25) is 4.79 Å². The molecule has 1 aliphatic heterocycles. The van der Waals surface area contributed by atoms with Crippen LogP contribution in [-0.2, 0) is 15.0 Å². The Balaban J connectivity index is 1.93. The third-order valence-electron chi connectivity index (χ3n) is 4.13. The van der Waals surface area contributed by atoms with Crippen molar-refractivity contribution >= 4 is 11.9 Å². The van der Waals surface area contributed by atoms with Crippen LogP contribution in [0.4, 0.5) is 0 Å². The molecule has 1 saturated heterocycles. The Morgan fingerprint density at radius 3 is 2.65 bits per heavy atom. The first kappa shape index (κ1) is 17.3. The second-order valence-corrected chi connectivity index (χ2v) is 6.93. The summed E-state index contributed by atoms with van der Waals surface area (Å²) in [5, 5.41) is 9.14. The predicted molar refractivity (Wildman–Crippen MR) is 87.6 cm³/mol. The molecule has 0 bridgehead atoms. The highest BCUT2D eigenvalue weighted by molar-refractivity contribution is 5.84. The van der Waals surface area contributed by atoms with E-state index in [1.807, 2.05) is 24.3 Å². The topological polar surface area (TPSA) is 66.8 Å². The number of carboxylic acids is 1. The van der Waals surface area contributed by atoms with Gasteiger partial charge in [0.15, 0.2) is 0 Å². The summed E-state index contributed by atoms with van der Waals surface area (Å²) < 4.78 is 5.79. The fourth-order valence-corrected chi connectivity index (χ4v) is 2.93. The standard InChI is InChI=1S/C18H25NO4/c1-18(2,3)13-7-4-5-9-15(13)23-12-10-16(20)19-11-6-8-14(19)17(21)22/h4-5,7,9,14H,6,8,10-12H2,1-3H3,(H,21,22). The largest absolute Gasteiger partial charge is 0.493 e. The van der Waals surface area contributed by atoms with E-state index in [4.69, 9.17) is 9.84 Å². The minimum atomic E-state index is -0.921. The van der Waals surface area contributed by atoms with Crippen LogP contribution in [0.25, 0.3) is 0 Å². The van der Waals surface area contributed by atoms with Crippen LogP contribution in [0.1, 0.15) is 45.6 Å². The number of hydrogen-bond acceptors (Lipinski definition) is 3. The molecule has 0 aliphatic carbocycles. The van der Waals surface area contributed by atoms with Crippen molar-refractivity contribution in [3.8, 4) is 5.75 Å². The van der Waals surface area contributed by atoms with Gasteiger partial charge in [-0.25, -0.2) is 4.79 Å². The van der Waals surface area contributed by atoms with E-state index in [0.717, 1.165) is 17.7 Å². The van der Waals surface area contributed by atoms with E-state index in [1.165, 1.54) is 4.90 Å². The monoisotopic (exact) mass is 319 g/mol. The first-order chi connectivity index (χ1) is 10.8. The van der Waals surface area contributed by atoms with Crippen molar-refractivity contribution in [3.05, 3.63) is 29.8 Å². The third kappa shape index (κ3) is 4.24. The number of para-hydroxylation sites is 1. The van der Waals surface area contributed by atoms with Crippen molar-refractivity contribution in [2.75, 3.05) is 13.2 Å². The minimum Gasteiger partial charge on any atom is -0.493 e. The number of nitrogens with zero attached hydrogens (tertiary/aromatic N) is 1. The van der Waals surface area contributed by atoms with Gasteiger partial charge in [-0.05, 0) is 29.9 Å². The molecule has 23 heavy (non-hydrogen) atoms. The van der Waals surface area contributed by atoms with E-state index in [-0.39, 0.29) is 24.3 Å². The number of amides is 1. The number of carbonyl (C=O) groups excluding carboxylic acids is 1. The molecular weight excluding hydrogens is 294 g/mol. The number of rotatable bonds is 5. The number of likely N-dealkylation sites (tertiary alicyclic amines) is 1. The van der Waals surface area contributed by atoms with Crippen LogP contribution in [0.2, 0.25) is 0 Å². The fraction of sp³-hybridized carbons (Fsp3) is 0.556. The maximum atomic E-state index is 12.2. The van der Waals surface area contributed by atoms with E-state index in [9.17, 15) is 9.59 Å². The third-order valence-corrected chi connectivity index (χ3v) is 4.13. The summed E-state index contributed by atoms with van der Waals surface area (Å²) in [7, 11) is 0. The molecule has 2 rings (SSSR count). The lowest BCUT2D eigenvalue weighted by molar-refractivity contribution is -0.148. The van der Waals surface area contributed by atoms with Crippen LogP contribution in [-0.4, -0.2) is 41.1 Å². The summed E-state index contributed by atoms with van der Waals surface area (Å²) in [5.74, 6) is -0.290. The zero-order chi connectivity index (χ0) is 17.0. The molecule has 0 radical (unpaired) electrons. The fourth-order valence-electron chi connectivity index (χ4n) is 2.93. The van der Waals surface area contributed by atoms with E-state index < -0.39 is 12.0 Å². The van der Waals surface area contributed by atoms with Crippen LogP contribution in [0.5, 0.6) is 5.75 Å². The Kier molecular flexibility index (Phi) is 5.29. The first-order valence-corrected chi connectivity index (χ1v) is 8.05. The van der Waals surface area contributed by atoms with Gasteiger partial charge >= 0.3 is 5.97 Å². The van der Waals surface area contributed by atoms with Gasteiger partial charge in [0.2, 0.25) is 5.91 Å². The summed E-state index contributed by atoms with van der Waals surface area (Å²) in [6.45, 7) is 7.12. The first-order valence-electron chi connectivity index (χ1n) is 8.05. The normalized spacial score (nSPS) is 18.0. The van der Waals surface area contributed by atoms with E-state index in [0.29, 0.717) is 13.0 Å². The van der Waals surface area contributed by atoms with Crippen molar-refractivity contribution in [1.29, 1.82) is 0 Å². The van der Waals surface area contributed by atoms with Gasteiger partial charge in [0.05, 0.1) is 13.0 Å². The van der Waals surface area contributed by atoms with Crippen molar-refractivity contribution in [3.63, 3.8) is 0 Å². The van der Waals surface area contributed by atoms with Gasteiger partial charge in [0.25, 0.3) is 0 Å². The number of benzene rings is 1. The predicted octanol–water partition coefficient (Wildman–Crippen LogP) is 2.83. The van der Waals surface area contributed by atoms with Gasteiger partial charge in [-0.2, -0.15) is 0 Å². The Bertz CT molecular complexity index is 577. The van der Waals surface area contributed by atoms with Gasteiger partial charge in [-0.15, -0.1) is 0 Å². The Morgan fingerprint density at radius 1 is 1.30 bits per heavy atom. The maximum Gasteiger partial charge on any atom is 0.326 e. The molecule has 1 fully saturated rings. The molecule has 1 unspecified atom stereocenters. The summed E-state index contributed by atoms with van der Waals surface area (Å²) in [6.07, 6.45) is 1.48. The van der Waals surface area contributed by atoms with Gasteiger partial charge in [0, 0.05) is 6.54 Å². The molecule has 1 atom stereocenters. The Hall–Kier alpha value is -2.04. The van der Waals surface area contributed by atoms with Crippen molar-refractivity contribution in [2.24, 2.45) is 0 Å². The SMILES string of the molecule is CC(C)(C)c1ccccc1OCCC(=O)N1CCCC1C(=O)O. The Labute approximate surface area is 137 Å². The molecule has 1 aromatic carbocycles. The zero-order valence-electron chi connectivity index (χ0n) is 14.0. The Morgan fingerprint density at radius 2 is 2.00 bits per heavy atom. The number of carbonyl (C=O) groups is 2. The zero-order valence-corrected chi connectivity index (χ0v) is 14.0. The summed E-state index contributed by atoms with van der Waals surface area (Å²) in [5.41, 5.74) is 1.06. The van der Waals surface area contributed by atoms with Crippen molar-refractivity contribution < 1.29 is 19.4 Å². The molecule has 1 N–H and O–H groups in total. The van der Waals surface area contributed by atoms with Gasteiger partial charge < -0.3 is 14.7 Å². The molecule has 126 valence electrons. The van der Waals surface area contributed by atoms with Crippen LogP contribution in [0.15, 0.2) is 24.3 Å². The number of aliphatic carboxylic acids is 1. The van der Waals surface area contributed by atoms with Crippen LogP contribution in [0.3, 0.4) is 0 Å². The molecule has 0 spiro atoms. The summed E-state index contributed by atoms with van der Waals surface area (Å²) in [6, 6.07) is 7.14. The lowest BCUT2D eigenvalue weighted by atomic mass is 9.86. The molecule has 5 heteroatoms. The number of carboxylic acid groups (broad SMARTS) is 1. The number of hydrogen-bond donors (Lipinski definition) is 1. The highest BCUT2D eigenvalue weighted by Gasteiger charge is 2.33. The molecule has 1 heterocycles. The van der Waals surface area contributed by atoms with E-state index in [2.05, 4.69) is 20.8 Å². The highest BCUT2D eigenvalue weighted by Crippen LogP contribution is 2.31. The van der Waals surface area contributed by atoms with E-state index >= 15 is 0 Å². The van der Waals surface area contributed by atoms with Crippen molar-refractivity contribution in [1.82, 2.24) is 4.90 Å². The van der Waals surface area contributed by atoms with Crippen LogP contribution in [0, 0.1) is 0 Å². The average molecular weight is 319 g/mol. The van der Waals surface area contributed by atoms with Crippen molar-refractivity contribution in [2.45, 2.75) is 51.5 Å². The van der Waals surface area contributed by atoms with E-state index in [1.54, 1.807) is 0 Å². The quantitative estimate of drug-likeness (QED) is 0.906. The smallest absolute Gasteiger partial charge is 0.326 e. The lowest BCUT2D eigenvalue weighted by Crippen LogP contribution is -2.40. The van der Waals surface area contributed by atoms with Crippen LogP contribution < -0.4 is 4.74 Å². The molecule has 0 saturated carbocycles. The minimum absolute atomic E-state index is 0.0377. The lowest BCUT2D eigenvalue weighted by Gasteiger charge is -2.24.